The molecule has 0 fully saturated rings. The Morgan fingerprint density at radius 2 is 2.44 bits per heavy atom. The summed E-state index contributed by atoms with van der Waals surface area (Å²) in [5, 5.41) is 0. The van der Waals surface area contributed by atoms with Crippen molar-refractivity contribution in [3.8, 4) is 0 Å². The smallest absolute Gasteiger partial charge is 0.158 e. The zero-order chi connectivity index (χ0) is 7.28. The second-order valence-corrected chi connectivity index (χ2v) is 2.92. The largest absolute Gasteiger partial charge is 0.348 e. The predicted molar refractivity (Wildman–Crippen MR) is 43.9 cm³/mol. The van der Waals surface area contributed by atoms with Crippen LogP contribution in [0.3, 0.4) is 0 Å². The second kappa shape index (κ2) is 5.29. The van der Waals surface area contributed by atoms with Crippen LogP contribution in [0.25, 0.3) is 0 Å². The maximum absolute atomic E-state index is 10.6. The fourth-order valence-corrected chi connectivity index (χ4v) is 1.53. The van der Waals surface area contributed by atoms with Gasteiger partial charge in [0.25, 0.3) is 0 Å². The van der Waals surface area contributed by atoms with Crippen LogP contribution in [0.2, 0.25) is 0 Å². The van der Waals surface area contributed by atoms with Crippen LogP contribution >= 0.6 is 17.4 Å². The number of rotatable bonds is 4. The van der Waals surface area contributed by atoms with E-state index < -0.39 is 0 Å². The lowest BCUT2D eigenvalue weighted by Crippen LogP contribution is -2.16. The highest BCUT2D eigenvalue weighted by Crippen LogP contribution is 2.24. The molecule has 0 aromatic rings. The van der Waals surface area contributed by atoms with Gasteiger partial charge >= 0.3 is 0 Å². The Labute approximate surface area is 59.7 Å². The van der Waals surface area contributed by atoms with Gasteiger partial charge in [-0.2, -0.15) is 0 Å². The lowest BCUT2D eigenvalue weighted by atomic mass is 10.2. The monoisotopic (exact) mass is 166 g/mol. The average Bonchev–Trinajstić information content (AvgIpc) is 1.82. The van der Waals surface area contributed by atoms with E-state index in [4.69, 9.17) is 4.52 Å². The van der Waals surface area contributed by atoms with Crippen molar-refractivity contribution in [2.75, 3.05) is 0 Å². The lowest BCUT2D eigenvalue weighted by molar-refractivity contribution is -0.123. The van der Waals surface area contributed by atoms with Crippen molar-refractivity contribution in [1.29, 1.82) is 0 Å². The van der Waals surface area contributed by atoms with Crippen LogP contribution in [-0.2, 0) is 9.32 Å². The highest BCUT2D eigenvalue weighted by molar-refractivity contribution is 8.00. The van der Waals surface area contributed by atoms with Crippen molar-refractivity contribution < 1.29 is 9.32 Å². The van der Waals surface area contributed by atoms with Gasteiger partial charge < -0.3 is 4.52 Å². The van der Waals surface area contributed by atoms with E-state index in [0.717, 1.165) is 6.42 Å². The summed E-state index contributed by atoms with van der Waals surface area (Å²) in [5.74, 6) is 0.118. The Hall–Kier alpha value is 0.490. The first-order valence-corrected chi connectivity index (χ1v) is 5.55. The van der Waals surface area contributed by atoms with Crippen LogP contribution in [0.4, 0.5) is 0 Å². The van der Waals surface area contributed by atoms with E-state index >= 15 is 0 Å². The number of ketones is 1. The van der Waals surface area contributed by atoms with Gasteiger partial charge in [0, 0.05) is 8.50 Å². The molecule has 2 nitrogen and oxygen atoms in total. The third-order valence-electron chi connectivity index (χ3n) is 1.03. The van der Waals surface area contributed by atoms with Crippen LogP contribution < -0.4 is 0 Å². The predicted octanol–water partition coefficient (Wildman–Crippen LogP) is 1.75. The standard InChI is InChI=1S/C5H12O2P2/c1-3-5(4(2)6)7-9-8/h5,9H,3,8H2,1-2H3/t5-/m1/s1. The molecule has 4 heteroatoms. The van der Waals surface area contributed by atoms with Crippen molar-refractivity contribution in [1.82, 2.24) is 0 Å². The van der Waals surface area contributed by atoms with Gasteiger partial charge in [0.2, 0.25) is 0 Å². The summed E-state index contributed by atoms with van der Waals surface area (Å²) in [6.45, 7) is 3.50. The summed E-state index contributed by atoms with van der Waals surface area (Å²) in [5.41, 5.74) is 0. The molecule has 0 saturated heterocycles. The molecule has 0 saturated carbocycles. The highest BCUT2D eigenvalue weighted by atomic mass is 32.0. The van der Waals surface area contributed by atoms with Gasteiger partial charge in [-0.3, -0.25) is 4.79 Å². The Kier molecular flexibility index (Phi) is 5.58. The van der Waals surface area contributed by atoms with Crippen molar-refractivity contribution in [2.45, 2.75) is 26.4 Å². The first-order valence-electron chi connectivity index (χ1n) is 2.84. The Morgan fingerprint density at radius 1 is 1.89 bits per heavy atom. The van der Waals surface area contributed by atoms with Crippen molar-refractivity contribution >= 4 is 23.2 Å². The van der Waals surface area contributed by atoms with Gasteiger partial charge in [0.15, 0.2) is 5.78 Å². The number of carbonyl (C=O) groups excluding carboxylic acids is 1. The summed E-state index contributed by atoms with van der Waals surface area (Å²) in [6.07, 6.45) is 0.595. The number of Topliss-reactive ketones (excluding diaryl/α,β-unsaturated/α-hetero) is 1. The summed E-state index contributed by atoms with van der Waals surface area (Å²) >= 11 is 0. The normalized spacial score (nSPS) is 14.6. The van der Waals surface area contributed by atoms with Crippen LogP contribution in [0.5, 0.6) is 0 Å². The maximum atomic E-state index is 10.6. The van der Waals surface area contributed by atoms with Crippen molar-refractivity contribution in [2.24, 2.45) is 0 Å². The Balaban J connectivity index is 3.54. The van der Waals surface area contributed by atoms with E-state index in [1.165, 1.54) is 0 Å². The fraction of sp³-hybridized carbons (Fsp3) is 0.800. The van der Waals surface area contributed by atoms with Crippen LogP contribution in [0.15, 0.2) is 0 Å². The molecule has 0 amide bonds. The van der Waals surface area contributed by atoms with Crippen molar-refractivity contribution in [3.63, 3.8) is 0 Å². The van der Waals surface area contributed by atoms with E-state index in [9.17, 15) is 4.79 Å². The molecule has 0 aromatic heterocycles. The number of hydrogen-bond acceptors (Lipinski definition) is 2. The lowest BCUT2D eigenvalue weighted by Gasteiger charge is -2.08. The van der Waals surface area contributed by atoms with Gasteiger partial charge in [-0.05, 0) is 13.3 Å². The summed E-state index contributed by atoms with van der Waals surface area (Å²) in [7, 11) is 2.78. The highest BCUT2D eigenvalue weighted by Gasteiger charge is 2.09. The molecule has 0 N–H and O–H groups in total. The molecule has 0 bridgehead atoms. The van der Waals surface area contributed by atoms with Gasteiger partial charge in [-0.25, -0.2) is 0 Å². The SMILES string of the molecule is CC[C@@H](OPP)C(C)=O. The molecule has 0 spiro atoms. The molecule has 9 heavy (non-hydrogen) atoms. The summed E-state index contributed by atoms with van der Waals surface area (Å²) in [6, 6.07) is 0. The minimum atomic E-state index is -0.180. The topological polar surface area (TPSA) is 26.3 Å². The quantitative estimate of drug-likeness (QED) is 0.594. The molecule has 0 aromatic carbocycles. The second-order valence-electron chi connectivity index (χ2n) is 1.74. The molecule has 0 aliphatic rings. The zero-order valence-corrected chi connectivity index (χ0v) is 7.83. The van der Waals surface area contributed by atoms with Gasteiger partial charge in [0.05, 0.1) is 0 Å². The average molecular weight is 166 g/mol. The molecule has 3 atom stereocenters. The third-order valence-corrected chi connectivity index (χ3v) is 1.86. The zero-order valence-electron chi connectivity index (χ0n) is 5.68. The minimum Gasteiger partial charge on any atom is -0.348 e. The molecule has 54 valence electrons. The molecule has 0 aliphatic carbocycles. The van der Waals surface area contributed by atoms with Gasteiger partial charge in [0.1, 0.15) is 6.10 Å². The van der Waals surface area contributed by atoms with Gasteiger partial charge in [-0.1, -0.05) is 15.9 Å². The van der Waals surface area contributed by atoms with E-state index in [1.54, 1.807) is 6.92 Å². The number of hydrogen-bond donors (Lipinski definition) is 0. The Morgan fingerprint density at radius 3 is 2.56 bits per heavy atom. The fourth-order valence-electron chi connectivity index (χ4n) is 0.536. The minimum absolute atomic E-state index is 0.118. The van der Waals surface area contributed by atoms with Crippen LogP contribution in [0.1, 0.15) is 20.3 Å². The molecule has 0 heterocycles. The maximum Gasteiger partial charge on any atom is 0.158 e. The van der Waals surface area contributed by atoms with E-state index in [1.807, 2.05) is 6.92 Å². The van der Waals surface area contributed by atoms with Crippen LogP contribution in [-0.4, -0.2) is 11.9 Å². The molecule has 0 aliphatic heterocycles. The molecular formula is C5H12O2P2. The van der Waals surface area contributed by atoms with E-state index in [-0.39, 0.29) is 11.9 Å². The van der Waals surface area contributed by atoms with Crippen molar-refractivity contribution in [3.05, 3.63) is 0 Å². The molecule has 0 radical (unpaired) electrons. The van der Waals surface area contributed by atoms with E-state index in [0.29, 0.717) is 8.50 Å². The molecule has 0 rings (SSSR count). The molecular weight excluding hydrogens is 154 g/mol. The Bertz CT molecular complexity index is 95.0. The number of carbonyl (C=O) groups is 1. The van der Waals surface area contributed by atoms with E-state index in [2.05, 4.69) is 8.93 Å². The first-order chi connectivity index (χ1) is 4.22. The first kappa shape index (κ1) is 9.49. The third kappa shape index (κ3) is 3.97. The van der Waals surface area contributed by atoms with Crippen LogP contribution in [0, 0.1) is 0 Å². The summed E-state index contributed by atoms with van der Waals surface area (Å²) < 4.78 is 5.09. The summed E-state index contributed by atoms with van der Waals surface area (Å²) in [4.78, 5) is 10.6. The molecule has 2 unspecified atom stereocenters. The van der Waals surface area contributed by atoms with Gasteiger partial charge in [-0.15, -0.1) is 0 Å².